The van der Waals surface area contributed by atoms with Gasteiger partial charge in [-0.25, -0.2) is 4.79 Å². The second-order valence-electron chi connectivity index (χ2n) is 5.40. The average molecular weight is 365 g/mol. The van der Waals surface area contributed by atoms with E-state index in [9.17, 15) is 14.9 Å². The molecule has 2 aromatic rings. The largest absolute Gasteiger partial charge is 0.497 e. The maximum Gasteiger partial charge on any atom is 0.349 e. The maximum atomic E-state index is 12.1. The van der Waals surface area contributed by atoms with E-state index in [0.717, 1.165) is 0 Å². The fourth-order valence-corrected chi connectivity index (χ4v) is 2.20. The molecule has 0 N–H and O–H groups in total. The van der Waals surface area contributed by atoms with Crippen molar-refractivity contribution in [1.82, 2.24) is 0 Å². The highest BCUT2D eigenvalue weighted by molar-refractivity contribution is 6.01. The number of methoxy groups -OCH3 is 1. The predicted octanol–water partition coefficient (Wildman–Crippen LogP) is 3.43. The van der Waals surface area contributed by atoms with Crippen molar-refractivity contribution in [2.24, 2.45) is 0 Å². The van der Waals surface area contributed by atoms with Crippen LogP contribution in [0.2, 0.25) is 0 Å². The van der Waals surface area contributed by atoms with Crippen LogP contribution in [-0.4, -0.2) is 32.1 Å². The Morgan fingerprint density at radius 1 is 1.04 bits per heavy atom. The first-order chi connectivity index (χ1) is 13.1. The fourth-order valence-electron chi connectivity index (χ4n) is 2.20. The van der Waals surface area contributed by atoms with Crippen molar-refractivity contribution >= 4 is 17.8 Å². The highest BCUT2D eigenvalue weighted by Gasteiger charge is 2.14. The topological polar surface area (TPSA) is 85.6 Å². The van der Waals surface area contributed by atoms with E-state index in [4.69, 9.17) is 14.2 Å². The van der Waals surface area contributed by atoms with Gasteiger partial charge in [-0.1, -0.05) is 12.1 Å². The van der Waals surface area contributed by atoms with Crippen LogP contribution in [0, 0.1) is 11.3 Å². The lowest BCUT2D eigenvalue weighted by Gasteiger charge is -2.05. The zero-order valence-electron chi connectivity index (χ0n) is 15.1. The molecule has 2 rings (SSSR count). The molecular weight excluding hydrogens is 346 g/mol. The number of esters is 1. The quantitative estimate of drug-likeness (QED) is 0.308. The van der Waals surface area contributed by atoms with Crippen molar-refractivity contribution in [2.45, 2.75) is 6.92 Å². The van der Waals surface area contributed by atoms with Gasteiger partial charge in [0.2, 0.25) is 0 Å². The Morgan fingerprint density at radius 2 is 1.67 bits per heavy atom. The van der Waals surface area contributed by atoms with Crippen LogP contribution >= 0.6 is 0 Å². The number of hydrogen-bond acceptors (Lipinski definition) is 6. The Hall–Kier alpha value is -3.59. The van der Waals surface area contributed by atoms with Gasteiger partial charge in [0.05, 0.1) is 13.7 Å². The molecule has 6 heteroatoms. The van der Waals surface area contributed by atoms with E-state index in [0.29, 0.717) is 29.2 Å². The molecule has 2 aromatic carbocycles. The highest BCUT2D eigenvalue weighted by Crippen LogP contribution is 2.15. The molecule has 0 aromatic heterocycles. The third-order valence-electron chi connectivity index (χ3n) is 3.59. The van der Waals surface area contributed by atoms with Crippen molar-refractivity contribution in [3.63, 3.8) is 0 Å². The molecule has 0 atom stereocenters. The average Bonchev–Trinajstić information content (AvgIpc) is 2.71. The van der Waals surface area contributed by atoms with Crippen LogP contribution in [0.3, 0.4) is 0 Å². The molecule has 0 radical (unpaired) electrons. The van der Waals surface area contributed by atoms with Crippen LogP contribution < -0.4 is 9.47 Å². The standard InChI is InChI=1S/C21H19NO5/c1-3-26-19-8-4-15(5-9-19)12-17(13-22)21(24)27-14-20(23)16-6-10-18(25-2)11-7-16/h4-12H,3,14H2,1-2H3/b17-12+. The summed E-state index contributed by atoms with van der Waals surface area (Å²) in [7, 11) is 1.53. The lowest BCUT2D eigenvalue weighted by molar-refractivity contribution is -0.137. The van der Waals surface area contributed by atoms with Crippen LogP contribution in [0.1, 0.15) is 22.8 Å². The fraction of sp³-hybridized carbons (Fsp3) is 0.190. The van der Waals surface area contributed by atoms with Gasteiger partial charge in [0, 0.05) is 5.56 Å². The number of carbonyl (C=O) groups excluding carboxylic acids is 2. The molecule has 0 aliphatic carbocycles. The summed E-state index contributed by atoms with van der Waals surface area (Å²) in [4.78, 5) is 24.2. The van der Waals surface area contributed by atoms with Crippen LogP contribution in [0.5, 0.6) is 11.5 Å². The Kier molecular flexibility index (Phi) is 7.15. The summed E-state index contributed by atoms with van der Waals surface area (Å²) in [5.41, 5.74) is 0.840. The first kappa shape index (κ1) is 19.7. The molecule has 0 aliphatic heterocycles. The molecule has 138 valence electrons. The first-order valence-electron chi connectivity index (χ1n) is 8.26. The SMILES string of the molecule is CCOc1ccc(/C=C(\C#N)C(=O)OCC(=O)c2ccc(OC)cc2)cc1. The van der Waals surface area contributed by atoms with E-state index in [1.54, 1.807) is 54.6 Å². The van der Waals surface area contributed by atoms with Gasteiger partial charge in [-0.2, -0.15) is 5.26 Å². The van der Waals surface area contributed by atoms with E-state index >= 15 is 0 Å². The Bertz CT molecular complexity index is 861. The van der Waals surface area contributed by atoms with E-state index in [1.165, 1.54) is 13.2 Å². The summed E-state index contributed by atoms with van der Waals surface area (Å²) in [6.07, 6.45) is 1.40. The minimum atomic E-state index is -0.853. The van der Waals surface area contributed by atoms with Gasteiger partial charge < -0.3 is 14.2 Å². The molecule has 0 heterocycles. The van der Waals surface area contributed by atoms with Crippen LogP contribution in [0.15, 0.2) is 54.1 Å². The lowest BCUT2D eigenvalue weighted by Crippen LogP contribution is -2.15. The van der Waals surface area contributed by atoms with Gasteiger partial charge in [-0.05, 0) is 55.0 Å². The van der Waals surface area contributed by atoms with Crippen molar-refractivity contribution in [1.29, 1.82) is 5.26 Å². The molecule has 0 bridgehead atoms. The molecule has 0 amide bonds. The van der Waals surface area contributed by atoms with Gasteiger partial charge in [0.1, 0.15) is 23.1 Å². The third-order valence-corrected chi connectivity index (χ3v) is 3.59. The second-order valence-corrected chi connectivity index (χ2v) is 5.40. The van der Waals surface area contributed by atoms with E-state index in [-0.39, 0.29) is 11.4 Å². The number of ether oxygens (including phenoxy) is 3. The normalized spacial score (nSPS) is 10.6. The molecule has 27 heavy (non-hydrogen) atoms. The number of hydrogen-bond donors (Lipinski definition) is 0. The summed E-state index contributed by atoms with van der Waals surface area (Å²) in [5, 5.41) is 9.19. The van der Waals surface area contributed by atoms with Crippen LogP contribution in [0.25, 0.3) is 6.08 Å². The lowest BCUT2D eigenvalue weighted by atomic mass is 10.1. The van der Waals surface area contributed by atoms with Gasteiger partial charge in [0.15, 0.2) is 12.4 Å². The van der Waals surface area contributed by atoms with E-state index < -0.39 is 12.6 Å². The first-order valence-corrected chi connectivity index (χ1v) is 8.26. The zero-order valence-corrected chi connectivity index (χ0v) is 15.1. The number of ketones is 1. The molecule has 0 aliphatic rings. The second kappa shape index (κ2) is 9.78. The van der Waals surface area contributed by atoms with Gasteiger partial charge in [0.25, 0.3) is 0 Å². The summed E-state index contributed by atoms with van der Waals surface area (Å²) in [6.45, 7) is 1.98. The summed E-state index contributed by atoms with van der Waals surface area (Å²) >= 11 is 0. The monoisotopic (exact) mass is 365 g/mol. The maximum absolute atomic E-state index is 12.1. The van der Waals surface area contributed by atoms with Crippen molar-refractivity contribution in [3.8, 4) is 17.6 Å². The van der Waals surface area contributed by atoms with Crippen molar-refractivity contribution < 1.29 is 23.8 Å². The summed E-state index contributed by atoms with van der Waals surface area (Å²) in [6, 6.07) is 15.2. The Balaban J connectivity index is 1.99. The molecule has 0 saturated carbocycles. The Morgan fingerprint density at radius 3 is 2.22 bits per heavy atom. The predicted molar refractivity (Wildman–Crippen MR) is 99.5 cm³/mol. The Labute approximate surface area is 157 Å². The molecular formula is C21H19NO5. The minimum absolute atomic E-state index is 0.193. The van der Waals surface area contributed by atoms with E-state index in [2.05, 4.69) is 0 Å². The molecule has 0 unspecified atom stereocenters. The van der Waals surface area contributed by atoms with Crippen molar-refractivity contribution in [3.05, 3.63) is 65.2 Å². The zero-order chi connectivity index (χ0) is 19.6. The van der Waals surface area contributed by atoms with Crippen molar-refractivity contribution in [2.75, 3.05) is 20.3 Å². The number of carbonyl (C=O) groups is 2. The number of Topliss-reactive ketones (excluding diaryl/α,β-unsaturated/α-hetero) is 1. The van der Waals surface area contributed by atoms with E-state index in [1.807, 2.05) is 6.92 Å². The minimum Gasteiger partial charge on any atom is -0.497 e. The highest BCUT2D eigenvalue weighted by atomic mass is 16.5. The third kappa shape index (κ3) is 5.72. The number of rotatable bonds is 8. The number of nitrogens with zero attached hydrogens (tertiary/aromatic N) is 1. The molecule has 0 fully saturated rings. The summed E-state index contributed by atoms with van der Waals surface area (Å²) < 4.78 is 15.3. The van der Waals surface area contributed by atoms with Gasteiger partial charge in [-0.3, -0.25) is 4.79 Å². The molecule has 0 spiro atoms. The summed E-state index contributed by atoms with van der Waals surface area (Å²) in [5.74, 6) is 0.0898. The van der Waals surface area contributed by atoms with Crippen LogP contribution in [-0.2, 0) is 9.53 Å². The van der Waals surface area contributed by atoms with Gasteiger partial charge >= 0.3 is 5.97 Å². The van der Waals surface area contributed by atoms with Crippen LogP contribution in [0.4, 0.5) is 0 Å². The van der Waals surface area contributed by atoms with Gasteiger partial charge in [-0.15, -0.1) is 0 Å². The smallest absolute Gasteiger partial charge is 0.349 e. The number of nitriles is 1. The molecule has 6 nitrogen and oxygen atoms in total. The molecule has 0 saturated heterocycles. The number of benzene rings is 2.